The lowest BCUT2D eigenvalue weighted by Gasteiger charge is -2.32. The third-order valence-electron chi connectivity index (χ3n) is 2.95. The fourth-order valence-electron chi connectivity index (χ4n) is 1.49. The maximum atomic E-state index is 11.9. The molecule has 0 bridgehead atoms. The van der Waals surface area contributed by atoms with Crippen LogP contribution in [0, 0.1) is 0 Å². The van der Waals surface area contributed by atoms with Crippen molar-refractivity contribution in [3.8, 4) is 0 Å². The van der Waals surface area contributed by atoms with Crippen molar-refractivity contribution in [1.29, 1.82) is 0 Å². The molecular formula is C10H20N2O3S. The number of carbonyl (C=O) groups excluding carboxylic acids is 1. The molecule has 0 spiro atoms. The first kappa shape index (κ1) is 13.6. The van der Waals surface area contributed by atoms with Crippen LogP contribution in [-0.2, 0) is 20.3 Å². The molecule has 2 atom stereocenters. The zero-order valence-corrected chi connectivity index (χ0v) is 10.6. The molecule has 1 fully saturated rings. The number of nitrogens with one attached hydrogen (secondary N) is 1. The summed E-state index contributed by atoms with van der Waals surface area (Å²) in [4.78, 5) is 11.9. The number of hydrogen-bond donors (Lipinski definition) is 2. The van der Waals surface area contributed by atoms with E-state index >= 15 is 0 Å². The van der Waals surface area contributed by atoms with Crippen LogP contribution in [0.25, 0.3) is 0 Å². The summed E-state index contributed by atoms with van der Waals surface area (Å²) in [6.07, 6.45) is 2.72. The van der Waals surface area contributed by atoms with Gasteiger partial charge in [0.05, 0.1) is 5.54 Å². The van der Waals surface area contributed by atoms with E-state index in [0.29, 0.717) is 32.6 Å². The van der Waals surface area contributed by atoms with Crippen LogP contribution in [0.3, 0.4) is 0 Å². The fraction of sp³-hybridized carbons (Fsp3) is 0.900. The Morgan fingerprint density at radius 1 is 1.56 bits per heavy atom. The molecule has 2 unspecified atom stereocenters. The molecule has 5 nitrogen and oxygen atoms in total. The van der Waals surface area contributed by atoms with Gasteiger partial charge in [-0.1, -0.05) is 0 Å². The molecule has 1 amide bonds. The highest BCUT2D eigenvalue weighted by atomic mass is 32.2. The third kappa shape index (κ3) is 3.54. The zero-order valence-electron chi connectivity index (χ0n) is 9.82. The Hall–Kier alpha value is -0.460. The van der Waals surface area contributed by atoms with Gasteiger partial charge < -0.3 is 15.8 Å². The normalized spacial score (nSPS) is 23.4. The molecule has 1 saturated heterocycles. The van der Waals surface area contributed by atoms with Crippen LogP contribution in [-0.4, -0.2) is 46.9 Å². The second-order valence-corrected chi connectivity index (χ2v) is 6.09. The van der Waals surface area contributed by atoms with E-state index in [9.17, 15) is 9.00 Å². The largest absolute Gasteiger partial charge is 0.381 e. The molecule has 0 aromatic heterocycles. The summed E-state index contributed by atoms with van der Waals surface area (Å²) >= 11 is 0. The van der Waals surface area contributed by atoms with Crippen LogP contribution in [0.2, 0.25) is 0 Å². The molecule has 6 heteroatoms. The number of nitrogens with two attached hydrogens (primary N) is 1. The van der Waals surface area contributed by atoms with Crippen molar-refractivity contribution in [2.75, 3.05) is 26.0 Å². The van der Waals surface area contributed by atoms with Crippen LogP contribution >= 0.6 is 0 Å². The number of hydrogen-bond acceptors (Lipinski definition) is 4. The Kier molecular flexibility index (Phi) is 4.89. The van der Waals surface area contributed by atoms with E-state index in [0.717, 1.165) is 0 Å². The number of rotatable bonds is 4. The van der Waals surface area contributed by atoms with Crippen LogP contribution < -0.4 is 11.1 Å². The first-order chi connectivity index (χ1) is 7.46. The molecule has 0 aromatic carbocycles. The van der Waals surface area contributed by atoms with Gasteiger partial charge >= 0.3 is 0 Å². The van der Waals surface area contributed by atoms with Gasteiger partial charge in [-0.25, -0.2) is 0 Å². The van der Waals surface area contributed by atoms with E-state index in [1.807, 2.05) is 6.92 Å². The van der Waals surface area contributed by atoms with Gasteiger partial charge in [-0.3, -0.25) is 9.00 Å². The van der Waals surface area contributed by atoms with Gasteiger partial charge in [-0.15, -0.1) is 0 Å². The highest BCUT2D eigenvalue weighted by Gasteiger charge is 2.35. The van der Waals surface area contributed by atoms with E-state index in [1.54, 1.807) is 6.26 Å². The Morgan fingerprint density at radius 3 is 2.62 bits per heavy atom. The van der Waals surface area contributed by atoms with Crippen molar-refractivity contribution in [3.63, 3.8) is 0 Å². The molecule has 3 N–H and O–H groups in total. The van der Waals surface area contributed by atoms with Crippen LogP contribution in [0.5, 0.6) is 0 Å². The van der Waals surface area contributed by atoms with Gasteiger partial charge in [0.2, 0.25) is 5.91 Å². The first-order valence-corrected chi connectivity index (χ1v) is 7.05. The van der Waals surface area contributed by atoms with E-state index in [2.05, 4.69) is 5.32 Å². The summed E-state index contributed by atoms with van der Waals surface area (Å²) < 4.78 is 16.3. The number of ether oxygens (including phenoxy) is 1. The quantitative estimate of drug-likeness (QED) is 0.694. The lowest BCUT2D eigenvalue weighted by Crippen LogP contribution is -2.57. The van der Waals surface area contributed by atoms with E-state index in [-0.39, 0.29) is 11.2 Å². The molecule has 0 aliphatic carbocycles. The van der Waals surface area contributed by atoms with Crippen molar-refractivity contribution >= 4 is 16.7 Å². The molecule has 0 saturated carbocycles. The summed E-state index contributed by atoms with van der Waals surface area (Å²) in [5, 5.41) is 2.71. The SMILES string of the molecule is CC(CNC(=O)C1(N)CCOCC1)S(C)=O. The smallest absolute Gasteiger partial charge is 0.240 e. The molecule has 1 aliphatic rings. The predicted molar refractivity (Wildman–Crippen MR) is 63.5 cm³/mol. The van der Waals surface area contributed by atoms with Crippen molar-refractivity contribution in [3.05, 3.63) is 0 Å². The molecule has 1 heterocycles. The van der Waals surface area contributed by atoms with Gasteiger partial charge in [0.1, 0.15) is 0 Å². The van der Waals surface area contributed by atoms with E-state index in [4.69, 9.17) is 10.5 Å². The predicted octanol–water partition coefficient (Wildman–Crippen LogP) is -0.622. The first-order valence-electron chi connectivity index (χ1n) is 5.43. The van der Waals surface area contributed by atoms with Crippen LogP contribution in [0.4, 0.5) is 0 Å². The monoisotopic (exact) mass is 248 g/mol. The van der Waals surface area contributed by atoms with E-state index < -0.39 is 16.3 Å². The Labute approximate surface area is 98.6 Å². The summed E-state index contributed by atoms with van der Waals surface area (Å²) in [6.45, 7) is 3.30. The second-order valence-electron chi connectivity index (χ2n) is 4.29. The lowest BCUT2D eigenvalue weighted by molar-refractivity contribution is -0.129. The average Bonchev–Trinajstić information content (AvgIpc) is 2.26. The highest BCUT2D eigenvalue weighted by Crippen LogP contribution is 2.17. The molecule has 0 radical (unpaired) electrons. The molecular weight excluding hydrogens is 228 g/mol. The number of carbonyl (C=O) groups is 1. The average molecular weight is 248 g/mol. The van der Waals surface area contributed by atoms with Crippen LogP contribution in [0.15, 0.2) is 0 Å². The number of amides is 1. The third-order valence-corrected chi connectivity index (χ3v) is 4.25. The Balaban J connectivity index is 2.42. The molecule has 1 aliphatic heterocycles. The van der Waals surface area contributed by atoms with E-state index in [1.165, 1.54) is 0 Å². The maximum Gasteiger partial charge on any atom is 0.240 e. The molecule has 16 heavy (non-hydrogen) atoms. The molecule has 94 valence electrons. The minimum atomic E-state index is -0.925. The minimum Gasteiger partial charge on any atom is -0.381 e. The van der Waals surface area contributed by atoms with Crippen molar-refractivity contribution in [1.82, 2.24) is 5.32 Å². The van der Waals surface area contributed by atoms with Gasteiger partial charge in [0.25, 0.3) is 0 Å². The second kappa shape index (κ2) is 5.75. The zero-order chi connectivity index (χ0) is 12.2. The van der Waals surface area contributed by atoms with Crippen molar-refractivity contribution < 1.29 is 13.7 Å². The van der Waals surface area contributed by atoms with Gasteiger partial charge in [0, 0.05) is 42.1 Å². The van der Waals surface area contributed by atoms with Gasteiger partial charge in [-0.05, 0) is 19.8 Å². The molecule has 0 aromatic rings. The summed E-state index contributed by atoms with van der Waals surface area (Å²) in [5.41, 5.74) is 5.18. The topological polar surface area (TPSA) is 81.4 Å². The molecule has 1 rings (SSSR count). The standard InChI is InChI=1S/C10H20N2O3S/c1-8(16(2)14)7-12-9(13)10(11)3-5-15-6-4-10/h8H,3-7,11H2,1-2H3,(H,12,13). The Bertz CT molecular complexity index is 277. The van der Waals surface area contributed by atoms with Crippen molar-refractivity contribution in [2.24, 2.45) is 5.73 Å². The van der Waals surface area contributed by atoms with Crippen molar-refractivity contribution in [2.45, 2.75) is 30.6 Å². The summed E-state index contributed by atoms with van der Waals surface area (Å²) in [5.74, 6) is -0.159. The highest BCUT2D eigenvalue weighted by molar-refractivity contribution is 7.84. The van der Waals surface area contributed by atoms with Crippen LogP contribution in [0.1, 0.15) is 19.8 Å². The minimum absolute atomic E-state index is 0.0487. The van der Waals surface area contributed by atoms with Gasteiger partial charge in [-0.2, -0.15) is 0 Å². The summed E-state index contributed by atoms with van der Waals surface area (Å²) in [7, 11) is -0.925. The summed E-state index contributed by atoms with van der Waals surface area (Å²) in [6, 6.07) is 0. The fourth-order valence-corrected chi connectivity index (χ4v) is 1.81. The maximum absolute atomic E-state index is 11.9. The Morgan fingerprint density at radius 2 is 2.12 bits per heavy atom. The lowest BCUT2D eigenvalue weighted by atomic mass is 9.90. The van der Waals surface area contributed by atoms with Gasteiger partial charge in [0.15, 0.2) is 0 Å².